The molecule has 1 aromatic carbocycles. The summed E-state index contributed by atoms with van der Waals surface area (Å²) in [5.41, 5.74) is 2.85. The van der Waals surface area contributed by atoms with Gasteiger partial charge in [-0.05, 0) is 38.3 Å². The Kier molecular flexibility index (Phi) is 4.91. The van der Waals surface area contributed by atoms with Gasteiger partial charge in [0.15, 0.2) is 5.17 Å². The Hall–Kier alpha value is -1.95. The number of amides is 2. The van der Waals surface area contributed by atoms with E-state index in [-0.39, 0.29) is 23.5 Å². The molecule has 1 atom stereocenters. The first-order valence-corrected chi connectivity index (χ1v) is 8.80. The van der Waals surface area contributed by atoms with Crippen molar-refractivity contribution < 1.29 is 9.59 Å². The molecule has 1 unspecified atom stereocenters. The molecule has 120 valence electrons. The average molecular weight is 329 g/mol. The molecule has 1 N–H and O–H groups in total. The molecule has 1 aromatic rings. The molecule has 0 spiro atoms. The molecule has 1 fully saturated rings. The molecule has 23 heavy (non-hydrogen) atoms. The SMILES string of the molecule is Cc1ccc(NC(=O)CSC2=NC(=O)C3CCCCC3=N2)cc1. The van der Waals surface area contributed by atoms with Crippen molar-refractivity contribution >= 4 is 40.1 Å². The first-order valence-electron chi connectivity index (χ1n) is 7.81. The zero-order chi connectivity index (χ0) is 16.2. The van der Waals surface area contributed by atoms with Gasteiger partial charge in [-0.3, -0.25) is 9.59 Å². The third kappa shape index (κ3) is 4.07. The van der Waals surface area contributed by atoms with Gasteiger partial charge in [0.05, 0.1) is 11.7 Å². The molecule has 1 aliphatic heterocycles. The molecule has 2 aliphatic rings. The van der Waals surface area contributed by atoms with E-state index >= 15 is 0 Å². The molecule has 5 nitrogen and oxygen atoms in total. The molecule has 1 heterocycles. The van der Waals surface area contributed by atoms with Crippen LogP contribution >= 0.6 is 11.8 Å². The smallest absolute Gasteiger partial charge is 0.256 e. The Bertz CT molecular complexity index is 680. The van der Waals surface area contributed by atoms with Crippen molar-refractivity contribution in [3.8, 4) is 0 Å². The summed E-state index contributed by atoms with van der Waals surface area (Å²) in [5.74, 6) is -0.146. The van der Waals surface area contributed by atoms with Gasteiger partial charge in [-0.1, -0.05) is 35.9 Å². The zero-order valence-electron chi connectivity index (χ0n) is 13.0. The number of amidine groups is 1. The van der Waals surface area contributed by atoms with Crippen LogP contribution in [0, 0.1) is 12.8 Å². The lowest BCUT2D eigenvalue weighted by molar-refractivity contribution is -0.120. The lowest BCUT2D eigenvalue weighted by atomic mass is 9.86. The third-order valence-electron chi connectivity index (χ3n) is 3.99. The van der Waals surface area contributed by atoms with E-state index < -0.39 is 0 Å². The summed E-state index contributed by atoms with van der Waals surface area (Å²) in [6.45, 7) is 2.00. The summed E-state index contributed by atoms with van der Waals surface area (Å²) in [6, 6.07) is 7.63. The fourth-order valence-corrected chi connectivity index (χ4v) is 3.41. The Morgan fingerprint density at radius 3 is 2.83 bits per heavy atom. The molecule has 0 aromatic heterocycles. The third-order valence-corrected chi connectivity index (χ3v) is 4.84. The number of aryl methyl sites for hydroxylation is 1. The summed E-state index contributed by atoms with van der Waals surface area (Å²) >= 11 is 1.22. The molecule has 0 bridgehead atoms. The van der Waals surface area contributed by atoms with Crippen molar-refractivity contribution in [1.82, 2.24) is 0 Å². The summed E-state index contributed by atoms with van der Waals surface area (Å²) in [5, 5.41) is 3.25. The van der Waals surface area contributed by atoms with Crippen molar-refractivity contribution in [3.63, 3.8) is 0 Å². The monoisotopic (exact) mass is 329 g/mol. The van der Waals surface area contributed by atoms with Gasteiger partial charge in [0, 0.05) is 11.4 Å². The van der Waals surface area contributed by atoms with E-state index in [0.717, 1.165) is 42.6 Å². The molecule has 0 radical (unpaired) electrons. The maximum Gasteiger partial charge on any atom is 0.256 e. The van der Waals surface area contributed by atoms with Crippen molar-refractivity contribution in [2.75, 3.05) is 11.1 Å². The van der Waals surface area contributed by atoms with Gasteiger partial charge in [0.25, 0.3) is 5.91 Å². The predicted molar refractivity (Wildman–Crippen MR) is 94.1 cm³/mol. The molecular weight excluding hydrogens is 310 g/mol. The highest BCUT2D eigenvalue weighted by Crippen LogP contribution is 2.27. The van der Waals surface area contributed by atoms with Gasteiger partial charge in [0.1, 0.15) is 0 Å². The van der Waals surface area contributed by atoms with Crippen LogP contribution in [0.3, 0.4) is 0 Å². The van der Waals surface area contributed by atoms with Crippen LogP contribution in [0.1, 0.15) is 31.2 Å². The number of nitrogens with zero attached hydrogens (tertiary/aromatic N) is 2. The van der Waals surface area contributed by atoms with E-state index in [1.807, 2.05) is 31.2 Å². The van der Waals surface area contributed by atoms with Gasteiger partial charge in [-0.25, -0.2) is 4.99 Å². The second kappa shape index (κ2) is 7.08. The number of hydrogen-bond acceptors (Lipinski definition) is 4. The Morgan fingerprint density at radius 2 is 2.04 bits per heavy atom. The highest BCUT2D eigenvalue weighted by atomic mass is 32.2. The van der Waals surface area contributed by atoms with Crippen molar-refractivity contribution in [2.45, 2.75) is 32.6 Å². The van der Waals surface area contributed by atoms with Crippen LogP contribution in [0.25, 0.3) is 0 Å². The zero-order valence-corrected chi connectivity index (χ0v) is 13.9. The maximum atomic E-state index is 12.0. The number of nitrogens with one attached hydrogen (secondary N) is 1. The minimum atomic E-state index is -0.125. The second-order valence-electron chi connectivity index (χ2n) is 5.84. The fraction of sp³-hybridized carbons (Fsp3) is 0.412. The van der Waals surface area contributed by atoms with E-state index in [4.69, 9.17) is 0 Å². The van der Waals surface area contributed by atoms with Gasteiger partial charge in [0.2, 0.25) is 5.91 Å². The number of fused-ring (bicyclic) bond motifs is 1. The molecule has 6 heteroatoms. The van der Waals surface area contributed by atoms with Crippen molar-refractivity contribution in [1.29, 1.82) is 0 Å². The van der Waals surface area contributed by atoms with E-state index in [1.54, 1.807) is 0 Å². The highest BCUT2D eigenvalue weighted by molar-refractivity contribution is 8.14. The number of thioether (sulfide) groups is 1. The molecule has 1 aliphatic carbocycles. The fourth-order valence-electron chi connectivity index (χ4n) is 2.74. The van der Waals surface area contributed by atoms with Crippen LogP contribution in [-0.4, -0.2) is 28.4 Å². The number of carbonyl (C=O) groups is 2. The van der Waals surface area contributed by atoms with Crippen molar-refractivity contribution in [3.05, 3.63) is 29.8 Å². The first kappa shape index (κ1) is 15.9. The topological polar surface area (TPSA) is 70.9 Å². The van der Waals surface area contributed by atoms with Gasteiger partial charge < -0.3 is 5.32 Å². The standard InChI is InChI=1S/C17H19N3O2S/c1-11-6-8-12(9-7-11)18-15(21)10-23-17-19-14-5-3-2-4-13(14)16(22)20-17/h6-9,13H,2-5,10H2,1H3,(H,18,21). The summed E-state index contributed by atoms with van der Waals surface area (Å²) in [6.07, 6.45) is 3.86. The van der Waals surface area contributed by atoms with Crippen LogP contribution in [-0.2, 0) is 9.59 Å². The Morgan fingerprint density at radius 1 is 1.26 bits per heavy atom. The van der Waals surface area contributed by atoms with Crippen LogP contribution in [0.4, 0.5) is 5.69 Å². The summed E-state index contributed by atoms with van der Waals surface area (Å²) in [4.78, 5) is 32.5. The first-order chi connectivity index (χ1) is 11.1. The van der Waals surface area contributed by atoms with Gasteiger partial charge in [-0.2, -0.15) is 4.99 Å². The number of aliphatic imine (C=N–C) groups is 2. The van der Waals surface area contributed by atoms with Gasteiger partial charge in [-0.15, -0.1) is 0 Å². The number of anilines is 1. The predicted octanol–water partition coefficient (Wildman–Crippen LogP) is 3.19. The Balaban J connectivity index is 1.55. The van der Waals surface area contributed by atoms with E-state index in [0.29, 0.717) is 5.17 Å². The largest absolute Gasteiger partial charge is 0.325 e. The van der Waals surface area contributed by atoms with E-state index in [2.05, 4.69) is 15.3 Å². The molecule has 3 rings (SSSR count). The van der Waals surface area contributed by atoms with Gasteiger partial charge >= 0.3 is 0 Å². The summed E-state index contributed by atoms with van der Waals surface area (Å²) < 4.78 is 0. The molecule has 0 saturated heterocycles. The second-order valence-corrected chi connectivity index (χ2v) is 6.78. The number of hydrogen-bond donors (Lipinski definition) is 1. The number of carbonyl (C=O) groups excluding carboxylic acids is 2. The average Bonchev–Trinajstić information content (AvgIpc) is 2.55. The van der Waals surface area contributed by atoms with Crippen molar-refractivity contribution in [2.24, 2.45) is 15.9 Å². The molecule has 2 amide bonds. The molecule has 1 saturated carbocycles. The lowest BCUT2D eigenvalue weighted by Gasteiger charge is -2.24. The number of benzene rings is 1. The van der Waals surface area contributed by atoms with Crippen LogP contribution in [0.15, 0.2) is 34.3 Å². The summed E-state index contributed by atoms with van der Waals surface area (Å²) in [7, 11) is 0. The van der Waals surface area contributed by atoms with Crippen LogP contribution in [0.5, 0.6) is 0 Å². The van der Waals surface area contributed by atoms with E-state index in [1.165, 1.54) is 11.8 Å². The minimum Gasteiger partial charge on any atom is -0.325 e. The highest BCUT2D eigenvalue weighted by Gasteiger charge is 2.30. The number of rotatable bonds is 3. The quantitative estimate of drug-likeness (QED) is 0.925. The minimum absolute atomic E-state index is 0.101. The normalized spacial score (nSPS) is 20.4. The molecular formula is C17H19N3O2S. The maximum absolute atomic E-state index is 12.0. The van der Waals surface area contributed by atoms with Crippen LogP contribution < -0.4 is 5.32 Å². The Labute approximate surface area is 139 Å². The van der Waals surface area contributed by atoms with Crippen LogP contribution in [0.2, 0.25) is 0 Å². The lowest BCUT2D eigenvalue weighted by Crippen LogP contribution is -2.30. The van der Waals surface area contributed by atoms with E-state index in [9.17, 15) is 9.59 Å².